The van der Waals surface area contributed by atoms with E-state index in [0.717, 1.165) is 5.56 Å². The molecule has 0 bridgehead atoms. The SMILES string of the molecule is CO/N=C(/CCC#N)c1ccc(Cl)c(Cl)c1. The number of nitrogens with zero attached hydrogens (tertiary/aromatic N) is 2. The fourth-order valence-corrected chi connectivity index (χ4v) is 1.50. The third-order valence-corrected chi connectivity index (χ3v) is 2.67. The van der Waals surface area contributed by atoms with Gasteiger partial charge in [0.05, 0.1) is 21.8 Å². The molecule has 0 aliphatic heterocycles. The summed E-state index contributed by atoms with van der Waals surface area (Å²) in [5, 5.41) is 13.3. The van der Waals surface area contributed by atoms with E-state index in [9.17, 15) is 0 Å². The van der Waals surface area contributed by atoms with Crippen LogP contribution in [-0.4, -0.2) is 12.8 Å². The summed E-state index contributed by atoms with van der Waals surface area (Å²) in [5.74, 6) is 0. The summed E-state index contributed by atoms with van der Waals surface area (Å²) < 4.78 is 0. The largest absolute Gasteiger partial charge is 0.399 e. The van der Waals surface area contributed by atoms with Crippen molar-refractivity contribution in [3.05, 3.63) is 33.8 Å². The number of hydrogen-bond acceptors (Lipinski definition) is 3. The monoisotopic (exact) mass is 256 g/mol. The Bertz CT molecular complexity index is 438. The van der Waals surface area contributed by atoms with Crippen LogP contribution in [-0.2, 0) is 4.84 Å². The number of halogens is 2. The van der Waals surface area contributed by atoms with Crippen LogP contribution in [0.3, 0.4) is 0 Å². The Kier molecular flexibility index (Phi) is 5.10. The highest BCUT2D eigenvalue weighted by Gasteiger charge is 2.07. The molecule has 16 heavy (non-hydrogen) atoms. The average Bonchev–Trinajstić information content (AvgIpc) is 2.28. The summed E-state index contributed by atoms with van der Waals surface area (Å²) in [5.41, 5.74) is 1.49. The number of nitriles is 1. The molecule has 0 fully saturated rings. The molecule has 0 saturated carbocycles. The summed E-state index contributed by atoms with van der Waals surface area (Å²) in [6.07, 6.45) is 0.894. The van der Waals surface area contributed by atoms with Gasteiger partial charge in [-0.1, -0.05) is 34.4 Å². The third kappa shape index (κ3) is 3.41. The minimum atomic E-state index is 0.377. The maximum absolute atomic E-state index is 8.54. The Hall–Kier alpha value is -1.24. The Morgan fingerprint density at radius 3 is 2.75 bits per heavy atom. The number of oxime groups is 1. The van der Waals surface area contributed by atoms with E-state index in [1.54, 1.807) is 18.2 Å². The molecule has 5 heteroatoms. The fourth-order valence-electron chi connectivity index (χ4n) is 1.20. The molecule has 0 amide bonds. The van der Waals surface area contributed by atoms with Gasteiger partial charge in [-0.3, -0.25) is 0 Å². The summed E-state index contributed by atoms with van der Waals surface area (Å²) in [6, 6.07) is 7.25. The highest BCUT2D eigenvalue weighted by atomic mass is 35.5. The first-order valence-electron chi connectivity index (χ1n) is 4.61. The maximum atomic E-state index is 8.54. The Balaban J connectivity index is 2.98. The Morgan fingerprint density at radius 1 is 1.44 bits per heavy atom. The molecule has 1 aromatic rings. The van der Waals surface area contributed by atoms with Gasteiger partial charge < -0.3 is 4.84 Å². The van der Waals surface area contributed by atoms with Gasteiger partial charge in [0.25, 0.3) is 0 Å². The van der Waals surface area contributed by atoms with Crippen LogP contribution >= 0.6 is 23.2 Å². The van der Waals surface area contributed by atoms with Gasteiger partial charge in [0, 0.05) is 18.4 Å². The first-order valence-corrected chi connectivity index (χ1v) is 5.37. The molecular weight excluding hydrogens is 247 g/mol. The van der Waals surface area contributed by atoms with Crippen molar-refractivity contribution >= 4 is 28.9 Å². The molecule has 0 heterocycles. The van der Waals surface area contributed by atoms with Crippen molar-refractivity contribution in [2.45, 2.75) is 12.8 Å². The van der Waals surface area contributed by atoms with Crippen LogP contribution in [0, 0.1) is 11.3 Å². The highest BCUT2D eigenvalue weighted by molar-refractivity contribution is 6.42. The minimum Gasteiger partial charge on any atom is -0.399 e. The number of benzene rings is 1. The fraction of sp³-hybridized carbons (Fsp3) is 0.273. The molecule has 84 valence electrons. The minimum absolute atomic E-state index is 0.377. The van der Waals surface area contributed by atoms with Crippen molar-refractivity contribution in [2.24, 2.45) is 5.16 Å². The van der Waals surface area contributed by atoms with Gasteiger partial charge in [0.1, 0.15) is 7.11 Å². The zero-order valence-electron chi connectivity index (χ0n) is 8.70. The van der Waals surface area contributed by atoms with E-state index >= 15 is 0 Å². The van der Waals surface area contributed by atoms with Gasteiger partial charge >= 0.3 is 0 Å². The lowest BCUT2D eigenvalue weighted by Gasteiger charge is -2.05. The summed E-state index contributed by atoms with van der Waals surface area (Å²) in [6.45, 7) is 0. The molecule has 0 atom stereocenters. The molecule has 0 radical (unpaired) electrons. The average molecular weight is 257 g/mol. The predicted molar refractivity (Wildman–Crippen MR) is 64.9 cm³/mol. The van der Waals surface area contributed by atoms with Crippen LogP contribution < -0.4 is 0 Å². The highest BCUT2D eigenvalue weighted by Crippen LogP contribution is 2.23. The van der Waals surface area contributed by atoms with Crippen LogP contribution in [0.25, 0.3) is 0 Å². The van der Waals surface area contributed by atoms with E-state index in [4.69, 9.17) is 33.3 Å². The topological polar surface area (TPSA) is 45.4 Å². The second-order valence-corrected chi connectivity index (χ2v) is 3.82. The number of hydrogen-bond donors (Lipinski definition) is 0. The molecule has 0 unspecified atom stereocenters. The van der Waals surface area contributed by atoms with Crippen molar-refractivity contribution in [1.29, 1.82) is 5.26 Å². The van der Waals surface area contributed by atoms with Crippen molar-refractivity contribution in [3.8, 4) is 6.07 Å². The molecule has 0 aliphatic rings. The van der Waals surface area contributed by atoms with Gasteiger partial charge in [-0.15, -0.1) is 0 Å². The van der Waals surface area contributed by atoms with Crippen LogP contribution in [0.1, 0.15) is 18.4 Å². The summed E-state index contributed by atoms with van der Waals surface area (Å²) >= 11 is 11.7. The van der Waals surface area contributed by atoms with E-state index in [1.165, 1.54) is 7.11 Å². The standard InChI is InChI=1S/C11H10Cl2N2O/c1-16-15-11(3-2-6-14)8-4-5-9(12)10(13)7-8/h4-5,7H,2-3H2,1H3/b15-11-. The summed E-state index contributed by atoms with van der Waals surface area (Å²) in [7, 11) is 1.46. The summed E-state index contributed by atoms with van der Waals surface area (Å²) in [4.78, 5) is 4.73. The van der Waals surface area contributed by atoms with Gasteiger partial charge in [-0.25, -0.2) is 0 Å². The Labute approximate surface area is 104 Å². The van der Waals surface area contributed by atoms with Crippen molar-refractivity contribution < 1.29 is 4.84 Å². The van der Waals surface area contributed by atoms with E-state index in [0.29, 0.717) is 28.6 Å². The molecule has 1 rings (SSSR count). The van der Waals surface area contributed by atoms with Gasteiger partial charge in [-0.05, 0) is 12.1 Å². The van der Waals surface area contributed by atoms with E-state index in [-0.39, 0.29) is 0 Å². The normalized spacial score (nSPS) is 11.0. The van der Waals surface area contributed by atoms with Crippen LogP contribution in [0.2, 0.25) is 10.0 Å². The molecule has 0 N–H and O–H groups in total. The van der Waals surface area contributed by atoms with Crippen LogP contribution in [0.15, 0.2) is 23.4 Å². The molecule has 3 nitrogen and oxygen atoms in total. The first-order chi connectivity index (χ1) is 7.69. The van der Waals surface area contributed by atoms with Crippen molar-refractivity contribution in [3.63, 3.8) is 0 Å². The molecule has 0 aromatic heterocycles. The van der Waals surface area contributed by atoms with Crippen molar-refractivity contribution in [2.75, 3.05) is 7.11 Å². The molecule has 0 aliphatic carbocycles. The molecule has 0 spiro atoms. The maximum Gasteiger partial charge on any atom is 0.106 e. The van der Waals surface area contributed by atoms with Crippen LogP contribution in [0.4, 0.5) is 0 Å². The van der Waals surface area contributed by atoms with Crippen LogP contribution in [0.5, 0.6) is 0 Å². The van der Waals surface area contributed by atoms with Gasteiger partial charge in [-0.2, -0.15) is 5.26 Å². The zero-order chi connectivity index (χ0) is 12.0. The first kappa shape index (κ1) is 12.8. The van der Waals surface area contributed by atoms with Gasteiger partial charge in [0.15, 0.2) is 0 Å². The van der Waals surface area contributed by atoms with Gasteiger partial charge in [0.2, 0.25) is 0 Å². The predicted octanol–water partition coefficient (Wildman–Crippen LogP) is 3.65. The zero-order valence-corrected chi connectivity index (χ0v) is 10.2. The Morgan fingerprint density at radius 2 is 2.19 bits per heavy atom. The molecular formula is C11H10Cl2N2O. The number of rotatable bonds is 4. The van der Waals surface area contributed by atoms with E-state index in [1.807, 2.05) is 0 Å². The van der Waals surface area contributed by atoms with Crippen molar-refractivity contribution in [1.82, 2.24) is 0 Å². The molecule has 0 saturated heterocycles. The van der Waals surface area contributed by atoms with E-state index < -0.39 is 0 Å². The second-order valence-electron chi connectivity index (χ2n) is 3.01. The third-order valence-electron chi connectivity index (χ3n) is 1.93. The smallest absolute Gasteiger partial charge is 0.106 e. The lowest BCUT2D eigenvalue weighted by Crippen LogP contribution is -2.01. The van der Waals surface area contributed by atoms with E-state index in [2.05, 4.69) is 11.2 Å². The molecule has 1 aromatic carbocycles. The second kappa shape index (κ2) is 6.37. The lowest BCUT2D eigenvalue weighted by molar-refractivity contribution is 0.213. The quantitative estimate of drug-likeness (QED) is 0.610. The lowest BCUT2D eigenvalue weighted by atomic mass is 10.1.